The Morgan fingerprint density at radius 2 is 1.67 bits per heavy atom. The molecular weight excluding hydrogens is 554 g/mol. The normalized spacial score (nSPS) is 11.4. The molecule has 0 saturated carbocycles. The molecule has 10 nitrogen and oxygen atoms in total. The monoisotopic (exact) mass is 587 g/mol. The Morgan fingerprint density at radius 1 is 0.976 bits per heavy atom. The first kappa shape index (κ1) is 30.1. The van der Waals surface area contributed by atoms with E-state index in [1.54, 1.807) is 30.5 Å². The lowest BCUT2D eigenvalue weighted by Crippen LogP contribution is -2.39. The van der Waals surface area contributed by atoms with Gasteiger partial charge >= 0.3 is 0 Å². The van der Waals surface area contributed by atoms with Crippen LogP contribution in [0.15, 0.2) is 88.9 Å². The van der Waals surface area contributed by atoms with E-state index in [9.17, 15) is 18.0 Å². The van der Waals surface area contributed by atoms with E-state index in [-0.39, 0.29) is 16.5 Å². The van der Waals surface area contributed by atoms with Crippen molar-refractivity contribution in [1.82, 2.24) is 9.99 Å². The van der Waals surface area contributed by atoms with Gasteiger partial charge in [0, 0.05) is 35.2 Å². The second-order valence-corrected chi connectivity index (χ2v) is 11.6. The fourth-order valence-electron chi connectivity index (χ4n) is 4.53. The van der Waals surface area contributed by atoms with Crippen molar-refractivity contribution < 1.29 is 22.7 Å². The molecule has 11 heteroatoms. The van der Waals surface area contributed by atoms with E-state index >= 15 is 0 Å². The molecule has 0 bridgehead atoms. The van der Waals surface area contributed by atoms with Crippen LogP contribution >= 0.6 is 0 Å². The zero-order chi connectivity index (χ0) is 30.4. The van der Waals surface area contributed by atoms with Gasteiger partial charge in [0.05, 0.1) is 23.9 Å². The Morgan fingerprint density at radius 3 is 2.29 bits per heavy atom. The van der Waals surface area contributed by atoms with Crippen LogP contribution in [0.1, 0.15) is 29.4 Å². The van der Waals surface area contributed by atoms with Crippen molar-refractivity contribution in [1.29, 1.82) is 0 Å². The van der Waals surface area contributed by atoms with E-state index in [0.717, 1.165) is 32.5 Å². The van der Waals surface area contributed by atoms with E-state index in [0.29, 0.717) is 11.4 Å². The number of sulfonamides is 1. The second kappa shape index (κ2) is 12.7. The van der Waals surface area contributed by atoms with Gasteiger partial charge in [-0.15, -0.1) is 0 Å². The molecule has 2 N–H and O–H groups in total. The molecule has 1 heterocycles. The molecule has 218 valence electrons. The summed E-state index contributed by atoms with van der Waals surface area (Å²) >= 11 is 0. The van der Waals surface area contributed by atoms with Gasteiger partial charge in [-0.2, -0.15) is 5.10 Å². The zero-order valence-corrected chi connectivity index (χ0v) is 24.9. The van der Waals surface area contributed by atoms with Crippen LogP contribution in [0.5, 0.6) is 5.75 Å². The van der Waals surface area contributed by atoms with Crippen LogP contribution in [-0.2, 0) is 19.6 Å². The number of methoxy groups -OCH3 is 1. The Hall–Kier alpha value is -4.90. The van der Waals surface area contributed by atoms with E-state index < -0.39 is 22.5 Å². The van der Waals surface area contributed by atoms with Gasteiger partial charge < -0.3 is 14.6 Å². The summed E-state index contributed by atoms with van der Waals surface area (Å²) in [5, 5.41) is 6.72. The molecule has 2 amide bonds. The number of anilines is 2. The van der Waals surface area contributed by atoms with Crippen molar-refractivity contribution in [2.75, 3.05) is 23.3 Å². The molecule has 0 atom stereocenters. The summed E-state index contributed by atoms with van der Waals surface area (Å²) in [6.07, 6.45) is 1.54. The number of amides is 2. The van der Waals surface area contributed by atoms with Gasteiger partial charge in [-0.25, -0.2) is 13.8 Å². The summed E-state index contributed by atoms with van der Waals surface area (Å²) in [5.74, 6) is -0.374. The fraction of sp³-hybridized carbons (Fsp3) is 0.194. The third-order valence-corrected chi connectivity index (χ3v) is 8.32. The number of hydrazone groups is 1. The number of nitrogens with zero attached hydrogens (tertiary/aromatic N) is 3. The van der Waals surface area contributed by atoms with Crippen molar-refractivity contribution in [3.05, 3.63) is 101 Å². The molecule has 0 fully saturated rings. The van der Waals surface area contributed by atoms with Gasteiger partial charge in [0.25, 0.3) is 15.9 Å². The number of hydrogen-bond acceptors (Lipinski definition) is 6. The maximum atomic E-state index is 13.7. The number of rotatable bonds is 10. The summed E-state index contributed by atoms with van der Waals surface area (Å²) in [7, 11) is -2.67. The second-order valence-electron chi connectivity index (χ2n) is 9.71. The SMILES string of the molecule is COc1ccc(N(CC(=O)N/N=C\c2cc(C)n(-c3cccc(C)c3)c2C)S(=O)(=O)c2ccc(NC(C)=O)cc2)cc1. The molecule has 42 heavy (non-hydrogen) atoms. The predicted molar refractivity (Wildman–Crippen MR) is 164 cm³/mol. The van der Waals surface area contributed by atoms with Crippen molar-refractivity contribution in [3.8, 4) is 11.4 Å². The molecule has 3 aromatic carbocycles. The quantitative estimate of drug-likeness (QED) is 0.206. The first-order chi connectivity index (χ1) is 20.0. The molecule has 4 aromatic rings. The standard InChI is InChI=1S/C31H33N5O5S/c1-21-7-6-8-28(17-21)36-22(2)18-25(23(36)3)19-32-34-31(38)20-35(27-11-13-29(41-5)14-12-27)42(39,40)30-15-9-26(10-16-30)33-24(4)37/h6-19H,20H2,1-5H3,(H,33,37)(H,34,38)/b32-19-. The van der Waals surface area contributed by atoms with Gasteiger partial charge in [-0.1, -0.05) is 12.1 Å². The number of benzene rings is 3. The van der Waals surface area contributed by atoms with Gasteiger partial charge in [0.1, 0.15) is 12.3 Å². The minimum atomic E-state index is -4.17. The highest BCUT2D eigenvalue weighted by Gasteiger charge is 2.27. The molecule has 0 aliphatic heterocycles. The average molecular weight is 588 g/mol. The maximum Gasteiger partial charge on any atom is 0.264 e. The highest BCUT2D eigenvalue weighted by Crippen LogP contribution is 2.27. The molecule has 0 unspecified atom stereocenters. The molecule has 1 aromatic heterocycles. The number of aromatic nitrogens is 1. The Balaban J connectivity index is 1.56. The van der Waals surface area contributed by atoms with E-state index in [2.05, 4.69) is 26.5 Å². The Labute approximate surface area is 245 Å². The number of carbonyl (C=O) groups is 2. The van der Waals surface area contributed by atoms with E-state index in [4.69, 9.17) is 4.74 Å². The van der Waals surface area contributed by atoms with Crippen molar-refractivity contribution in [2.24, 2.45) is 5.10 Å². The van der Waals surface area contributed by atoms with Crippen molar-refractivity contribution in [3.63, 3.8) is 0 Å². The van der Waals surface area contributed by atoms with Gasteiger partial charge in [-0.3, -0.25) is 13.9 Å². The first-order valence-electron chi connectivity index (χ1n) is 13.1. The lowest BCUT2D eigenvalue weighted by molar-refractivity contribution is -0.119. The van der Waals surface area contributed by atoms with Crippen molar-refractivity contribution >= 4 is 39.4 Å². The Kier molecular flexibility index (Phi) is 9.12. The fourth-order valence-corrected chi connectivity index (χ4v) is 5.95. The van der Waals surface area contributed by atoms with E-state index in [1.807, 2.05) is 45.0 Å². The first-order valence-corrected chi connectivity index (χ1v) is 14.6. The predicted octanol–water partition coefficient (Wildman–Crippen LogP) is 4.72. The van der Waals surface area contributed by atoms with Crippen LogP contribution in [0.4, 0.5) is 11.4 Å². The number of aryl methyl sites for hydroxylation is 2. The highest BCUT2D eigenvalue weighted by atomic mass is 32.2. The number of hydrogen-bond donors (Lipinski definition) is 2. The molecule has 0 saturated heterocycles. The van der Waals surface area contributed by atoms with Crippen LogP contribution in [0.25, 0.3) is 5.69 Å². The van der Waals surface area contributed by atoms with E-state index in [1.165, 1.54) is 38.3 Å². The summed E-state index contributed by atoms with van der Waals surface area (Å²) < 4.78 is 35.7. The number of ether oxygens (including phenoxy) is 1. The third kappa shape index (κ3) is 6.87. The van der Waals surface area contributed by atoms with Crippen LogP contribution < -0.4 is 19.8 Å². The molecule has 4 rings (SSSR count). The van der Waals surface area contributed by atoms with Crippen LogP contribution in [-0.4, -0.2) is 44.7 Å². The van der Waals surface area contributed by atoms with Crippen molar-refractivity contribution in [2.45, 2.75) is 32.6 Å². The minimum Gasteiger partial charge on any atom is -0.497 e. The summed E-state index contributed by atoms with van der Waals surface area (Å²) in [5.41, 5.74) is 8.11. The van der Waals surface area contributed by atoms with Crippen LogP contribution in [0, 0.1) is 20.8 Å². The van der Waals surface area contributed by atoms with Gasteiger partial charge in [0.2, 0.25) is 5.91 Å². The summed E-state index contributed by atoms with van der Waals surface area (Å²) in [4.78, 5) is 24.3. The van der Waals surface area contributed by atoms with Gasteiger partial charge in [-0.05, 0) is 93.1 Å². The minimum absolute atomic E-state index is 0.0488. The van der Waals surface area contributed by atoms with Crippen LogP contribution in [0.3, 0.4) is 0 Å². The number of carbonyl (C=O) groups excluding carboxylic acids is 2. The molecule has 0 spiro atoms. The lowest BCUT2D eigenvalue weighted by Gasteiger charge is -2.24. The highest BCUT2D eigenvalue weighted by molar-refractivity contribution is 7.92. The largest absolute Gasteiger partial charge is 0.497 e. The average Bonchev–Trinajstić information content (AvgIpc) is 3.24. The smallest absolute Gasteiger partial charge is 0.264 e. The van der Waals surface area contributed by atoms with Gasteiger partial charge in [0.15, 0.2) is 0 Å². The van der Waals surface area contributed by atoms with Crippen LogP contribution in [0.2, 0.25) is 0 Å². The zero-order valence-electron chi connectivity index (χ0n) is 24.1. The molecule has 0 aliphatic carbocycles. The third-order valence-electron chi connectivity index (χ3n) is 6.53. The molecular formula is C31H33N5O5S. The Bertz CT molecular complexity index is 1730. The number of nitrogens with one attached hydrogen (secondary N) is 2. The maximum absolute atomic E-state index is 13.7. The molecule has 0 radical (unpaired) electrons. The summed E-state index contributed by atoms with van der Waals surface area (Å²) in [6.45, 7) is 6.83. The molecule has 0 aliphatic rings. The summed E-state index contributed by atoms with van der Waals surface area (Å²) in [6, 6.07) is 22.1. The lowest BCUT2D eigenvalue weighted by atomic mass is 10.2. The topological polar surface area (TPSA) is 122 Å².